The van der Waals surface area contributed by atoms with Crippen molar-refractivity contribution in [3.05, 3.63) is 80.9 Å². The van der Waals surface area contributed by atoms with Gasteiger partial charge < -0.3 is 10.1 Å². The molecule has 0 aliphatic carbocycles. The highest BCUT2D eigenvalue weighted by Gasteiger charge is 2.11. The number of carbonyl (C=O) groups excluding carboxylic acids is 2. The van der Waals surface area contributed by atoms with Gasteiger partial charge in [0.15, 0.2) is 0 Å². The summed E-state index contributed by atoms with van der Waals surface area (Å²) >= 11 is 1.04. The molecule has 1 heterocycles. The molecule has 0 atom stereocenters. The maximum atomic E-state index is 12.1. The van der Waals surface area contributed by atoms with E-state index in [2.05, 4.69) is 5.32 Å². The third kappa shape index (κ3) is 4.25. The minimum Gasteiger partial charge on any atom is -0.425 e. The Morgan fingerprint density at radius 3 is 2.38 bits per heavy atom. The number of nitrogens with zero attached hydrogens (tertiary/aromatic N) is 1. The molecule has 0 aliphatic heterocycles. The first-order valence-electron chi connectivity index (χ1n) is 7.85. The second-order valence-corrected chi connectivity index (χ2v) is 6.37. The normalized spacial score (nSPS) is 10.3. The van der Waals surface area contributed by atoms with Crippen molar-refractivity contribution in [2.24, 2.45) is 0 Å². The number of thiazole rings is 1. The maximum Gasteiger partial charge on any atom is 0.331 e. The van der Waals surface area contributed by atoms with Gasteiger partial charge in [-0.1, -0.05) is 29.5 Å². The van der Waals surface area contributed by atoms with Crippen LogP contribution in [0.5, 0.6) is 5.75 Å². The van der Waals surface area contributed by atoms with Gasteiger partial charge in [-0.25, -0.2) is 4.79 Å². The molecule has 3 aromatic rings. The summed E-state index contributed by atoms with van der Waals surface area (Å²) < 4.78 is 6.60. The fourth-order valence-corrected chi connectivity index (χ4v) is 3.02. The Morgan fingerprint density at radius 1 is 1.08 bits per heavy atom. The number of esters is 1. The van der Waals surface area contributed by atoms with Gasteiger partial charge in [0.25, 0.3) is 5.91 Å². The number of rotatable bonds is 5. The minimum absolute atomic E-state index is 0.138. The fourth-order valence-electron chi connectivity index (χ4n) is 2.29. The Labute approximate surface area is 153 Å². The standard InChI is InChI=1S/C19H16N2O4S/c1-13-12-26-19(24)21(13)11-17(22)25-16-9-7-15(8-10-16)20-18(23)14-5-3-2-4-6-14/h2-10,12H,11H2,1H3,(H,20,23). The molecule has 1 amide bonds. The quantitative estimate of drug-likeness (QED) is 0.555. The number of amides is 1. The highest BCUT2D eigenvalue weighted by molar-refractivity contribution is 7.07. The number of anilines is 1. The molecule has 26 heavy (non-hydrogen) atoms. The first kappa shape index (κ1) is 17.6. The van der Waals surface area contributed by atoms with Crippen molar-refractivity contribution in [1.29, 1.82) is 0 Å². The zero-order valence-corrected chi connectivity index (χ0v) is 14.8. The topological polar surface area (TPSA) is 77.4 Å². The average Bonchev–Trinajstić information content (AvgIpc) is 2.96. The Balaban J connectivity index is 1.60. The maximum absolute atomic E-state index is 12.1. The molecule has 2 aromatic carbocycles. The summed E-state index contributed by atoms with van der Waals surface area (Å²) in [7, 11) is 0. The van der Waals surface area contributed by atoms with Crippen LogP contribution < -0.4 is 14.9 Å². The number of ether oxygens (including phenoxy) is 1. The minimum atomic E-state index is -0.533. The summed E-state index contributed by atoms with van der Waals surface area (Å²) in [5, 5.41) is 4.46. The first-order valence-corrected chi connectivity index (χ1v) is 8.73. The van der Waals surface area contributed by atoms with Gasteiger partial charge in [-0.2, -0.15) is 0 Å². The molecule has 0 radical (unpaired) electrons. The molecule has 0 bridgehead atoms. The van der Waals surface area contributed by atoms with Crippen LogP contribution in [-0.2, 0) is 11.3 Å². The molecule has 1 N–H and O–H groups in total. The molecule has 1 aromatic heterocycles. The predicted molar refractivity (Wildman–Crippen MR) is 99.8 cm³/mol. The molecule has 0 saturated carbocycles. The molecule has 0 saturated heterocycles. The highest BCUT2D eigenvalue weighted by Crippen LogP contribution is 2.17. The predicted octanol–water partition coefficient (Wildman–Crippen LogP) is 3.08. The second kappa shape index (κ2) is 7.79. The Kier molecular flexibility index (Phi) is 5.28. The monoisotopic (exact) mass is 368 g/mol. The molecule has 7 heteroatoms. The lowest BCUT2D eigenvalue weighted by atomic mass is 10.2. The van der Waals surface area contributed by atoms with E-state index in [4.69, 9.17) is 4.74 Å². The Bertz CT molecular complexity index is 975. The van der Waals surface area contributed by atoms with Gasteiger partial charge in [0.1, 0.15) is 12.3 Å². The van der Waals surface area contributed by atoms with Crippen LogP contribution in [0, 0.1) is 6.92 Å². The molecule has 0 unspecified atom stereocenters. The SMILES string of the molecule is Cc1csc(=O)n1CC(=O)Oc1ccc(NC(=O)c2ccccc2)cc1. The van der Waals surface area contributed by atoms with Gasteiger partial charge >= 0.3 is 10.8 Å². The van der Waals surface area contributed by atoms with Crippen LogP contribution in [0.3, 0.4) is 0 Å². The largest absolute Gasteiger partial charge is 0.425 e. The number of carbonyl (C=O) groups is 2. The lowest BCUT2D eigenvalue weighted by Gasteiger charge is -2.08. The van der Waals surface area contributed by atoms with Crippen molar-refractivity contribution >= 4 is 28.9 Å². The molecular weight excluding hydrogens is 352 g/mol. The third-order valence-corrected chi connectivity index (χ3v) is 4.52. The van der Waals surface area contributed by atoms with Crippen molar-refractivity contribution in [2.45, 2.75) is 13.5 Å². The lowest BCUT2D eigenvalue weighted by Crippen LogP contribution is -2.23. The molecular formula is C19H16N2O4S. The first-order chi connectivity index (χ1) is 12.5. The Morgan fingerprint density at radius 2 is 1.77 bits per heavy atom. The van der Waals surface area contributed by atoms with Gasteiger partial charge in [0.2, 0.25) is 0 Å². The number of aryl methyl sites for hydroxylation is 1. The van der Waals surface area contributed by atoms with Crippen LogP contribution in [0.15, 0.2) is 64.8 Å². The van der Waals surface area contributed by atoms with Gasteiger partial charge in [0.05, 0.1) is 0 Å². The molecule has 0 aliphatic rings. The number of hydrogen-bond acceptors (Lipinski definition) is 5. The van der Waals surface area contributed by atoms with E-state index < -0.39 is 5.97 Å². The van der Waals surface area contributed by atoms with Crippen molar-refractivity contribution in [1.82, 2.24) is 4.57 Å². The van der Waals surface area contributed by atoms with Crippen molar-refractivity contribution in [3.63, 3.8) is 0 Å². The fraction of sp³-hybridized carbons (Fsp3) is 0.105. The van der Waals surface area contributed by atoms with E-state index in [-0.39, 0.29) is 17.3 Å². The van der Waals surface area contributed by atoms with Crippen LogP contribution in [0.4, 0.5) is 5.69 Å². The Hall–Kier alpha value is -3.19. The third-order valence-electron chi connectivity index (χ3n) is 3.64. The van der Waals surface area contributed by atoms with Gasteiger partial charge in [-0.05, 0) is 43.3 Å². The summed E-state index contributed by atoms with van der Waals surface area (Å²) in [6.07, 6.45) is 0. The van der Waals surface area contributed by atoms with E-state index >= 15 is 0 Å². The number of hydrogen-bond donors (Lipinski definition) is 1. The molecule has 3 rings (SSSR count). The summed E-state index contributed by atoms with van der Waals surface area (Å²) in [5.41, 5.74) is 1.86. The lowest BCUT2D eigenvalue weighted by molar-refractivity contribution is -0.135. The van der Waals surface area contributed by atoms with Crippen molar-refractivity contribution in [2.75, 3.05) is 5.32 Å². The van der Waals surface area contributed by atoms with Crippen molar-refractivity contribution in [3.8, 4) is 5.75 Å². The highest BCUT2D eigenvalue weighted by atomic mass is 32.1. The molecule has 6 nitrogen and oxygen atoms in total. The summed E-state index contributed by atoms with van der Waals surface area (Å²) in [6, 6.07) is 15.3. The van der Waals surface area contributed by atoms with E-state index in [0.29, 0.717) is 17.0 Å². The summed E-state index contributed by atoms with van der Waals surface area (Å²) in [4.78, 5) is 35.5. The van der Waals surface area contributed by atoms with Crippen LogP contribution in [-0.4, -0.2) is 16.4 Å². The summed E-state index contributed by atoms with van der Waals surface area (Å²) in [5.74, 6) is -0.411. The van der Waals surface area contributed by atoms with Crippen LogP contribution in [0.25, 0.3) is 0 Å². The van der Waals surface area contributed by atoms with E-state index in [1.807, 2.05) is 6.07 Å². The van der Waals surface area contributed by atoms with Crippen LogP contribution in [0.1, 0.15) is 16.1 Å². The van der Waals surface area contributed by atoms with E-state index in [9.17, 15) is 14.4 Å². The summed E-state index contributed by atoms with van der Waals surface area (Å²) in [6.45, 7) is 1.62. The van der Waals surface area contributed by atoms with E-state index in [0.717, 1.165) is 17.0 Å². The molecule has 0 fully saturated rings. The van der Waals surface area contributed by atoms with E-state index in [1.165, 1.54) is 4.57 Å². The van der Waals surface area contributed by atoms with E-state index in [1.54, 1.807) is 60.8 Å². The molecule has 0 spiro atoms. The average molecular weight is 368 g/mol. The number of aromatic nitrogens is 1. The zero-order valence-electron chi connectivity index (χ0n) is 14.0. The number of benzene rings is 2. The van der Waals surface area contributed by atoms with Gasteiger partial charge in [-0.15, -0.1) is 0 Å². The van der Waals surface area contributed by atoms with Gasteiger partial charge in [0, 0.05) is 22.3 Å². The smallest absolute Gasteiger partial charge is 0.331 e. The molecule has 132 valence electrons. The zero-order chi connectivity index (χ0) is 18.5. The second-order valence-electron chi connectivity index (χ2n) is 5.55. The van der Waals surface area contributed by atoms with Crippen LogP contribution >= 0.6 is 11.3 Å². The van der Waals surface area contributed by atoms with Gasteiger partial charge in [-0.3, -0.25) is 14.2 Å². The van der Waals surface area contributed by atoms with Crippen molar-refractivity contribution < 1.29 is 14.3 Å². The van der Waals surface area contributed by atoms with Crippen LogP contribution in [0.2, 0.25) is 0 Å². The number of nitrogens with one attached hydrogen (secondary N) is 1.